The lowest BCUT2D eigenvalue weighted by molar-refractivity contribution is -0.130. The van der Waals surface area contributed by atoms with Crippen molar-refractivity contribution in [3.8, 4) is 11.5 Å². The van der Waals surface area contributed by atoms with Gasteiger partial charge in [0.05, 0.1) is 36.6 Å². The van der Waals surface area contributed by atoms with Gasteiger partial charge in [-0.25, -0.2) is 9.99 Å². The number of para-hydroxylation sites is 2. The molecule has 1 aliphatic heterocycles. The Morgan fingerprint density at radius 2 is 2.00 bits per heavy atom. The number of hydrogen-bond donors (Lipinski definition) is 0. The summed E-state index contributed by atoms with van der Waals surface area (Å²) in [5.41, 5.74) is 3.30. The van der Waals surface area contributed by atoms with Crippen molar-refractivity contribution in [3.05, 3.63) is 70.4 Å². The molecule has 0 saturated heterocycles. The molecule has 0 radical (unpaired) electrons. The second-order valence-electron chi connectivity index (χ2n) is 7.33. The number of methoxy groups -OCH3 is 2. The molecule has 9 heteroatoms. The lowest BCUT2D eigenvalue weighted by atomic mass is 10.0. The molecule has 0 spiro atoms. The molecule has 3 heterocycles. The number of ether oxygens (including phenoxy) is 2. The standard InChI is InChI=1S/C24H21N3O4S2/c1-29-20-10-9-15(12-21(20)30-2)18-13-17(22-8-5-11-32-22)26-27(18)23(28)14-33-24-25-16-6-3-4-7-19(16)31-24/h3-12,18H,13-14H2,1-2H3/t18-/m1/s1. The summed E-state index contributed by atoms with van der Waals surface area (Å²) in [5.74, 6) is 1.31. The van der Waals surface area contributed by atoms with Crippen molar-refractivity contribution in [1.29, 1.82) is 0 Å². The Labute approximate surface area is 199 Å². The SMILES string of the molecule is COc1ccc([C@H]2CC(c3cccs3)=NN2C(=O)CSc2nc3ccccc3o2)cc1OC. The average molecular weight is 480 g/mol. The highest BCUT2D eigenvalue weighted by molar-refractivity contribution is 7.99. The van der Waals surface area contributed by atoms with Gasteiger partial charge in [0.1, 0.15) is 5.52 Å². The third-order valence-electron chi connectivity index (χ3n) is 5.36. The summed E-state index contributed by atoms with van der Waals surface area (Å²) in [4.78, 5) is 18.8. The van der Waals surface area contributed by atoms with Crippen LogP contribution in [0.25, 0.3) is 11.1 Å². The van der Waals surface area contributed by atoms with E-state index >= 15 is 0 Å². The summed E-state index contributed by atoms with van der Waals surface area (Å²) < 4.78 is 16.6. The largest absolute Gasteiger partial charge is 0.493 e. The van der Waals surface area contributed by atoms with Gasteiger partial charge >= 0.3 is 0 Å². The van der Waals surface area contributed by atoms with Crippen molar-refractivity contribution >= 4 is 45.8 Å². The first kappa shape index (κ1) is 21.5. The molecular formula is C24H21N3O4S2. The summed E-state index contributed by atoms with van der Waals surface area (Å²) in [6.07, 6.45) is 0.620. The minimum Gasteiger partial charge on any atom is -0.493 e. The average Bonchev–Trinajstić information content (AvgIpc) is 3.60. The number of hydrazone groups is 1. The second-order valence-corrected chi connectivity index (χ2v) is 9.21. The molecule has 0 N–H and O–H groups in total. The molecule has 0 saturated carbocycles. The van der Waals surface area contributed by atoms with Crippen LogP contribution in [0.1, 0.15) is 22.9 Å². The van der Waals surface area contributed by atoms with E-state index in [0.29, 0.717) is 28.7 Å². The first-order valence-electron chi connectivity index (χ1n) is 10.3. The van der Waals surface area contributed by atoms with E-state index in [9.17, 15) is 4.79 Å². The number of fused-ring (bicyclic) bond motifs is 1. The van der Waals surface area contributed by atoms with Crippen LogP contribution in [0.2, 0.25) is 0 Å². The van der Waals surface area contributed by atoms with Gasteiger partial charge in [-0.1, -0.05) is 36.0 Å². The number of hydrogen-bond acceptors (Lipinski definition) is 8. The van der Waals surface area contributed by atoms with E-state index < -0.39 is 0 Å². The van der Waals surface area contributed by atoms with E-state index in [0.717, 1.165) is 21.7 Å². The monoisotopic (exact) mass is 479 g/mol. The Morgan fingerprint density at radius 3 is 2.76 bits per heavy atom. The number of aromatic nitrogens is 1. The zero-order valence-electron chi connectivity index (χ0n) is 18.1. The zero-order valence-corrected chi connectivity index (χ0v) is 19.7. The van der Waals surface area contributed by atoms with Crippen molar-refractivity contribution in [3.63, 3.8) is 0 Å². The van der Waals surface area contributed by atoms with Crippen molar-refractivity contribution in [2.75, 3.05) is 20.0 Å². The van der Waals surface area contributed by atoms with Gasteiger partial charge in [0.25, 0.3) is 11.1 Å². The molecule has 5 rings (SSSR count). The van der Waals surface area contributed by atoms with Crippen LogP contribution in [-0.2, 0) is 4.79 Å². The van der Waals surface area contributed by atoms with Gasteiger partial charge in [-0.15, -0.1) is 11.3 Å². The Hall–Kier alpha value is -3.30. The number of carbonyl (C=O) groups is 1. The predicted molar refractivity (Wildman–Crippen MR) is 129 cm³/mol. The summed E-state index contributed by atoms with van der Waals surface area (Å²) in [7, 11) is 3.20. The maximum absolute atomic E-state index is 13.3. The number of thioether (sulfide) groups is 1. The molecule has 1 aliphatic rings. The second kappa shape index (κ2) is 9.29. The van der Waals surface area contributed by atoms with Gasteiger partial charge < -0.3 is 13.9 Å². The highest BCUT2D eigenvalue weighted by Crippen LogP contribution is 2.38. The molecule has 2 aromatic carbocycles. The van der Waals surface area contributed by atoms with E-state index in [1.54, 1.807) is 30.6 Å². The summed E-state index contributed by atoms with van der Waals surface area (Å²) in [5, 5.41) is 8.77. The molecule has 33 heavy (non-hydrogen) atoms. The van der Waals surface area contributed by atoms with Crippen LogP contribution in [-0.4, -0.2) is 41.6 Å². The maximum Gasteiger partial charge on any atom is 0.257 e. The Morgan fingerprint density at radius 1 is 1.15 bits per heavy atom. The van der Waals surface area contributed by atoms with Crippen LogP contribution < -0.4 is 9.47 Å². The Bertz CT molecular complexity index is 1280. The highest BCUT2D eigenvalue weighted by atomic mass is 32.2. The molecule has 4 aromatic rings. The quantitative estimate of drug-likeness (QED) is 0.331. The van der Waals surface area contributed by atoms with Crippen LogP contribution in [0.15, 0.2) is 74.7 Å². The molecule has 0 bridgehead atoms. The Kier molecular flexibility index (Phi) is 6.06. The normalized spacial score (nSPS) is 15.6. The zero-order chi connectivity index (χ0) is 22.8. The number of rotatable bonds is 7. The molecule has 0 aliphatic carbocycles. The van der Waals surface area contributed by atoms with E-state index in [4.69, 9.17) is 19.0 Å². The molecule has 1 amide bonds. The molecule has 1 atom stereocenters. The van der Waals surface area contributed by atoms with Gasteiger partial charge in [0, 0.05) is 6.42 Å². The highest BCUT2D eigenvalue weighted by Gasteiger charge is 2.34. The first-order valence-corrected chi connectivity index (χ1v) is 12.2. The van der Waals surface area contributed by atoms with E-state index in [-0.39, 0.29) is 17.7 Å². The van der Waals surface area contributed by atoms with Gasteiger partial charge in [-0.2, -0.15) is 5.10 Å². The predicted octanol–water partition coefficient (Wildman–Crippen LogP) is 5.38. The van der Waals surface area contributed by atoms with E-state index in [2.05, 4.69) is 4.98 Å². The maximum atomic E-state index is 13.3. The summed E-state index contributed by atoms with van der Waals surface area (Å²) >= 11 is 2.88. The van der Waals surface area contributed by atoms with Gasteiger partial charge in [0.15, 0.2) is 17.1 Å². The van der Waals surface area contributed by atoms with Crippen LogP contribution in [0.3, 0.4) is 0 Å². The molecule has 0 fully saturated rings. The van der Waals surface area contributed by atoms with Gasteiger partial charge in [-0.05, 0) is 41.3 Å². The van der Waals surface area contributed by atoms with Crippen molar-refractivity contribution in [2.45, 2.75) is 17.7 Å². The number of nitrogens with zero attached hydrogens (tertiary/aromatic N) is 3. The van der Waals surface area contributed by atoms with Crippen molar-refractivity contribution in [2.24, 2.45) is 5.10 Å². The van der Waals surface area contributed by atoms with Crippen LogP contribution in [0.5, 0.6) is 11.5 Å². The minimum absolute atomic E-state index is 0.117. The summed E-state index contributed by atoms with van der Waals surface area (Å²) in [6.45, 7) is 0. The Balaban J connectivity index is 1.40. The molecule has 0 unspecified atom stereocenters. The van der Waals surface area contributed by atoms with Crippen molar-refractivity contribution < 1.29 is 18.7 Å². The number of thiophene rings is 1. The van der Waals surface area contributed by atoms with Crippen LogP contribution in [0.4, 0.5) is 0 Å². The third-order valence-corrected chi connectivity index (χ3v) is 7.09. The number of oxazole rings is 1. The van der Waals surface area contributed by atoms with Gasteiger partial charge in [-0.3, -0.25) is 4.79 Å². The molecular weight excluding hydrogens is 458 g/mol. The molecule has 168 valence electrons. The van der Waals surface area contributed by atoms with Crippen molar-refractivity contribution in [1.82, 2.24) is 9.99 Å². The fraction of sp³-hybridized carbons (Fsp3) is 0.208. The number of carbonyl (C=O) groups excluding carboxylic acids is 1. The first-order chi connectivity index (χ1) is 16.2. The van der Waals surface area contributed by atoms with Crippen LogP contribution in [0, 0.1) is 0 Å². The summed E-state index contributed by atoms with van der Waals surface area (Å²) in [6, 6.07) is 17.0. The lowest BCUT2D eigenvalue weighted by Gasteiger charge is -2.22. The topological polar surface area (TPSA) is 77.2 Å². The minimum atomic E-state index is -0.237. The smallest absolute Gasteiger partial charge is 0.257 e. The number of benzene rings is 2. The number of amides is 1. The van der Waals surface area contributed by atoms with E-state index in [1.165, 1.54) is 11.8 Å². The lowest BCUT2D eigenvalue weighted by Crippen LogP contribution is -2.28. The van der Waals surface area contributed by atoms with E-state index in [1.807, 2.05) is 60.0 Å². The van der Waals surface area contributed by atoms with Gasteiger partial charge in [0.2, 0.25) is 0 Å². The fourth-order valence-corrected chi connectivity index (χ4v) is 5.17. The molecule has 7 nitrogen and oxygen atoms in total. The molecule has 2 aromatic heterocycles. The third kappa shape index (κ3) is 4.34. The van der Waals surface area contributed by atoms with Crippen LogP contribution >= 0.6 is 23.1 Å². The fourth-order valence-electron chi connectivity index (χ4n) is 3.75.